The van der Waals surface area contributed by atoms with Gasteiger partial charge in [-0.3, -0.25) is 9.59 Å². The molecule has 1 saturated heterocycles. The van der Waals surface area contributed by atoms with Gasteiger partial charge in [0.05, 0.1) is 0 Å². The van der Waals surface area contributed by atoms with Crippen LogP contribution < -0.4 is 0 Å². The van der Waals surface area contributed by atoms with Crippen LogP contribution in [0, 0.1) is 16.2 Å². The van der Waals surface area contributed by atoms with E-state index in [-0.39, 0.29) is 28.2 Å². The van der Waals surface area contributed by atoms with E-state index >= 15 is 0 Å². The Bertz CT molecular complexity index is 560. The van der Waals surface area contributed by atoms with Gasteiger partial charge in [0, 0.05) is 38.5 Å². The number of carbonyl (C=O) groups is 2. The summed E-state index contributed by atoms with van der Waals surface area (Å²) in [5, 5.41) is 0. The van der Waals surface area contributed by atoms with Crippen LogP contribution in [0.15, 0.2) is 0 Å². The van der Waals surface area contributed by atoms with Crippen molar-refractivity contribution in [3.63, 3.8) is 0 Å². The molecule has 1 atom stereocenters. The minimum absolute atomic E-state index is 0.0597. The van der Waals surface area contributed by atoms with Crippen LogP contribution in [0.3, 0.4) is 0 Å². The molecular formula is C26H50N2O2. The fraction of sp³-hybridized carbons (Fsp3) is 0.923. The Balaban J connectivity index is 3.00. The van der Waals surface area contributed by atoms with Crippen LogP contribution in [-0.4, -0.2) is 47.3 Å². The summed E-state index contributed by atoms with van der Waals surface area (Å²) >= 11 is 0. The highest BCUT2D eigenvalue weighted by molar-refractivity contribution is 5.76. The van der Waals surface area contributed by atoms with Gasteiger partial charge in [0.25, 0.3) is 0 Å². The van der Waals surface area contributed by atoms with Crippen LogP contribution in [-0.2, 0) is 9.59 Å². The highest BCUT2D eigenvalue weighted by atomic mass is 16.2. The zero-order chi connectivity index (χ0) is 23.2. The van der Waals surface area contributed by atoms with Crippen molar-refractivity contribution in [3.05, 3.63) is 0 Å². The van der Waals surface area contributed by atoms with Crippen molar-refractivity contribution in [2.24, 2.45) is 16.2 Å². The number of hydrogen-bond acceptors (Lipinski definition) is 2. The predicted molar refractivity (Wildman–Crippen MR) is 127 cm³/mol. The maximum atomic E-state index is 12.9. The summed E-state index contributed by atoms with van der Waals surface area (Å²) in [6.07, 6.45) is 7.63. The van der Waals surface area contributed by atoms with Gasteiger partial charge in [-0.1, -0.05) is 61.8 Å². The van der Waals surface area contributed by atoms with Gasteiger partial charge in [-0.05, 0) is 55.3 Å². The second kappa shape index (κ2) is 11.0. The van der Waals surface area contributed by atoms with Crippen molar-refractivity contribution in [3.8, 4) is 0 Å². The third kappa shape index (κ3) is 7.89. The number of carbonyl (C=O) groups excluding carboxylic acids is 2. The largest absolute Gasteiger partial charge is 0.343 e. The molecule has 1 aliphatic heterocycles. The van der Waals surface area contributed by atoms with Gasteiger partial charge in [-0.2, -0.15) is 0 Å². The fourth-order valence-electron chi connectivity index (χ4n) is 4.69. The van der Waals surface area contributed by atoms with Gasteiger partial charge < -0.3 is 9.80 Å². The summed E-state index contributed by atoms with van der Waals surface area (Å²) in [6.45, 7) is 22.8. The van der Waals surface area contributed by atoms with E-state index in [2.05, 4.69) is 60.3 Å². The number of amides is 2. The zero-order valence-corrected chi connectivity index (χ0v) is 21.6. The summed E-state index contributed by atoms with van der Waals surface area (Å²) in [5.41, 5.74) is 0.313. The number of nitrogens with zero attached hydrogens (tertiary/aromatic N) is 2. The molecule has 0 N–H and O–H groups in total. The second-order valence-electron chi connectivity index (χ2n) is 11.9. The normalized spacial score (nSPS) is 17.6. The van der Waals surface area contributed by atoms with E-state index in [0.717, 1.165) is 58.2 Å². The number of rotatable bonds is 10. The molecule has 0 bridgehead atoms. The first-order chi connectivity index (χ1) is 13.7. The van der Waals surface area contributed by atoms with Crippen molar-refractivity contribution in [2.75, 3.05) is 19.6 Å². The Hall–Kier alpha value is -1.06. The highest BCUT2D eigenvalue weighted by Gasteiger charge is 2.41. The van der Waals surface area contributed by atoms with E-state index in [1.54, 1.807) is 0 Å². The lowest BCUT2D eigenvalue weighted by Crippen LogP contribution is -2.47. The van der Waals surface area contributed by atoms with Crippen molar-refractivity contribution in [1.29, 1.82) is 0 Å². The van der Waals surface area contributed by atoms with E-state index in [1.165, 1.54) is 0 Å². The standard InChI is InChI=1S/C26H50N2O2/c1-10-22(29)27(11-2)18-16-25(6,7)26(8,9)20-21(19-24(3,4)5)28-17-14-12-13-15-23(28)30/h21H,10-20H2,1-9H3. The summed E-state index contributed by atoms with van der Waals surface area (Å²) in [7, 11) is 0. The SMILES string of the molecule is CCC(=O)N(CC)CCC(C)(C)C(C)(C)CC(CC(C)(C)C)N1CCCCCC1=O. The van der Waals surface area contributed by atoms with E-state index < -0.39 is 0 Å². The van der Waals surface area contributed by atoms with Crippen LogP contribution in [0.1, 0.15) is 114 Å². The third-order valence-electron chi connectivity index (χ3n) is 7.52. The topological polar surface area (TPSA) is 40.6 Å². The monoisotopic (exact) mass is 422 g/mol. The molecule has 1 heterocycles. The molecule has 4 heteroatoms. The molecule has 0 spiro atoms. The van der Waals surface area contributed by atoms with Gasteiger partial charge in [0.2, 0.25) is 11.8 Å². The molecule has 0 radical (unpaired) electrons. The average Bonchev–Trinajstić information content (AvgIpc) is 2.84. The van der Waals surface area contributed by atoms with Gasteiger partial charge >= 0.3 is 0 Å². The Kier molecular flexibility index (Phi) is 9.89. The van der Waals surface area contributed by atoms with Crippen molar-refractivity contribution in [1.82, 2.24) is 9.80 Å². The number of hydrogen-bond donors (Lipinski definition) is 0. The lowest BCUT2D eigenvalue weighted by molar-refractivity contribution is -0.135. The molecular weight excluding hydrogens is 372 g/mol. The van der Waals surface area contributed by atoms with Crippen LogP contribution in [0.4, 0.5) is 0 Å². The lowest BCUT2D eigenvalue weighted by Gasteiger charge is -2.47. The Morgan fingerprint density at radius 1 is 0.967 bits per heavy atom. The first kappa shape index (κ1) is 27.0. The minimum atomic E-state index is 0.0597. The summed E-state index contributed by atoms with van der Waals surface area (Å²) < 4.78 is 0. The fourth-order valence-corrected chi connectivity index (χ4v) is 4.69. The molecule has 0 aromatic heterocycles. The quantitative estimate of drug-likeness (QED) is 0.415. The van der Waals surface area contributed by atoms with E-state index in [0.29, 0.717) is 18.7 Å². The van der Waals surface area contributed by atoms with E-state index in [9.17, 15) is 9.59 Å². The summed E-state index contributed by atoms with van der Waals surface area (Å²) in [6, 6.07) is 0.282. The molecule has 176 valence electrons. The molecule has 0 aliphatic carbocycles. The van der Waals surface area contributed by atoms with E-state index in [4.69, 9.17) is 0 Å². The molecule has 0 aromatic carbocycles. The lowest BCUT2D eigenvalue weighted by atomic mass is 9.62. The van der Waals surface area contributed by atoms with Crippen molar-refractivity contribution >= 4 is 11.8 Å². The molecule has 0 saturated carbocycles. The molecule has 0 aromatic rings. The molecule has 4 nitrogen and oxygen atoms in total. The first-order valence-corrected chi connectivity index (χ1v) is 12.3. The Labute approximate surface area is 187 Å². The van der Waals surface area contributed by atoms with Crippen LogP contribution in [0.2, 0.25) is 0 Å². The maximum Gasteiger partial charge on any atom is 0.222 e. The van der Waals surface area contributed by atoms with Crippen LogP contribution >= 0.6 is 0 Å². The highest BCUT2D eigenvalue weighted by Crippen LogP contribution is 2.47. The maximum absolute atomic E-state index is 12.9. The first-order valence-electron chi connectivity index (χ1n) is 12.3. The molecule has 1 rings (SSSR count). The second-order valence-corrected chi connectivity index (χ2v) is 11.9. The van der Waals surface area contributed by atoms with Crippen LogP contribution in [0.5, 0.6) is 0 Å². The van der Waals surface area contributed by atoms with Crippen LogP contribution in [0.25, 0.3) is 0 Å². The summed E-state index contributed by atoms with van der Waals surface area (Å²) in [4.78, 5) is 29.3. The number of likely N-dealkylation sites (tertiary alicyclic amines) is 1. The molecule has 1 unspecified atom stereocenters. The summed E-state index contributed by atoms with van der Waals surface area (Å²) in [5.74, 6) is 0.591. The van der Waals surface area contributed by atoms with Gasteiger partial charge in [0.1, 0.15) is 0 Å². The molecule has 1 fully saturated rings. The Morgan fingerprint density at radius 3 is 2.13 bits per heavy atom. The molecule has 1 aliphatic rings. The predicted octanol–water partition coefficient (Wildman–Crippen LogP) is 6.28. The smallest absolute Gasteiger partial charge is 0.222 e. The van der Waals surface area contributed by atoms with Crippen molar-refractivity contribution < 1.29 is 9.59 Å². The van der Waals surface area contributed by atoms with Crippen molar-refractivity contribution in [2.45, 2.75) is 120 Å². The van der Waals surface area contributed by atoms with E-state index in [1.807, 2.05) is 11.8 Å². The van der Waals surface area contributed by atoms with Gasteiger partial charge in [0.15, 0.2) is 0 Å². The van der Waals surface area contributed by atoms with Gasteiger partial charge in [-0.15, -0.1) is 0 Å². The minimum Gasteiger partial charge on any atom is -0.343 e. The van der Waals surface area contributed by atoms with Gasteiger partial charge in [-0.25, -0.2) is 0 Å². The zero-order valence-electron chi connectivity index (χ0n) is 21.6. The average molecular weight is 423 g/mol. The third-order valence-corrected chi connectivity index (χ3v) is 7.52. The molecule has 2 amide bonds. The Morgan fingerprint density at radius 2 is 1.60 bits per heavy atom. The molecule has 30 heavy (non-hydrogen) atoms.